The number of hydrogen-bond acceptors (Lipinski definition) is 5. The third kappa shape index (κ3) is 3.36. The molecule has 0 spiro atoms. The van der Waals surface area contributed by atoms with Gasteiger partial charge >= 0.3 is 0 Å². The van der Waals surface area contributed by atoms with Crippen molar-refractivity contribution in [3.05, 3.63) is 35.7 Å². The molecule has 0 unspecified atom stereocenters. The Morgan fingerprint density at radius 1 is 1.24 bits per heavy atom. The number of carbonyl (C=O) groups excluding carboxylic acids is 1. The monoisotopic (exact) mass is 285 g/mol. The molecule has 1 saturated heterocycles. The first kappa shape index (κ1) is 13.9. The molecule has 1 fully saturated rings. The molecule has 5 nitrogen and oxygen atoms in total. The molecular formula is C16H19N3O2. The molecule has 5 heteroatoms. The zero-order chi connectivity index (χ0) is 14.7. The van der Waals surface area contributed by atoms with Crippen molar-refractivity contribution >= 4 is 6.29 Å². The number of carbonyl (C=O) groups is 1. The molecule has 21 heavy (non-hydrogen) atoms. The molecular weight excluding hydrogens is 266 g/mol. The van der Waals surface area contributed by atoms with E-state index >= 15 is 0 Å². The maximum absolute atomic E-state index is 10.7. The first-order valence-corrected chi connectivity index (χ1v) is 7.31. The molecule has 0 radical (unpaired) electrons. The maximum Gasteiger partial charge on any atom is 0.247 e. The van der Waals surface area contributed by atoms with Crippen molar-refractivity contribution < 1.29 is 9.21 Å². The number of aromatic nitrogens is 2. The number of rotatable bonds is 4. The second-order valence-corrected chi connectivity index (χ2v) is 5.62. The molecule has 1 aliphatic heterocycles. The van der Waals surface area contributed by atoms with E-state index in [0.29, 0.717) is 18.3 Å². The number of aldehydes is 1. The predicted octanol–water partition coefficient (Wildman–Crippen LogP) is 2.46. The summed E-state index contributed by atoms with van der Waals surface area (Å²) < 4.78 is 5.73. The average molecular weight is 285 g/mol. The summed E-state index contributed by atoms with van der Waals surface area (Å²) in [6.07, 6.45) is 2.91. The lowest BCUT2D eigenvalue weighted by molar-refractivity contribution is -0.112. The van der Waals surface area contributed by atoms with Crippen LogP contribution >= 0.6 is 0 Å². The maximum atomic E-state index is 10.7. The van der Waals surface area contributed by atoms with Gasteiger partial charge in [0.1, 0.15) is 6.29 Å². The predicted molar refractivity (Wildman–Crippen MR) is 78.5 cm³/mol. The molecule has 3 rings (SSSR count). The van der Waals surface area contributed by atoms with Crippen LogP contribution in [-0.2, 0) is 11.3 Å². The van der Waals surface area contributed by atoms with Crippen LogP contribution in [-0.4, -0.2) is 34.5 Å². The Kier molecular flexibility index (Phi) is 4.10. The van der Waals surface area contributed by atoms with Crippen LogP contribution in [0.5, 0.6) is 0 Å². The molecule has 2 aromatic rings. The van der Waals surface area contributed by atoms with Crippen LogP contribution in [0, 0.1) is 12.8 Å². The van der Waals surface area contributed by atoms with E-state index in [1.54, 1.807) is 0 Å². The van der Waals surface area contributed by atoms with E-state index in [0.717, 1.165) is 37.8 Å². The van der Waals surface area contributed by atoms with Crippen molar-refractivity contribution in [3.8, 4) is 11.5 Å². The van der Waals surface area contributed by atoms with Crippen LogP contribution in [0.4, 0.5) is 0 Å². The highest BCUT2D eigenvalue weighted by Gasteiger charge is 2.20. The van der Waals surface area contributed by atoms with Gasteiger partial charge in [0.15, 0.2) is 0 Å². The minimum atomic E-state index is 0.215. The van der Waals surface area contributed by atoms with E-state index in [9.17, 15) is 4.79 Å². The van der Waals surface area contributed by atoms with Gasteiger partial charge in [0.2, 0.25) is 11.8 Å². The number of benzene rings is 1. The fourth-order valence-electron chi connectivity index (χ4n) is 2.57. The van der Waals surface area contributed by atoms with Gasteiger partial charge in [-0.05, 0) is 45.0 Å². The van der Waals surface area contributed by atoms with Crippen molar-refractivity contribution in [2.24, 2.45) is 5.92 Å². The van der Waals surface area contributed by atoms with Crippen molar-refractivity contribution in [1.82, 2.24) is 15.1 Å². The summed E-state index contributed by atoms with van der Waals surface area (Å²) in [5, 5.41) is 8.23. The van der Waals surface area contributed by atoms with E-state index in [-0.39, 0.29) is 5.92 Å². The van der Waals surface area contributed by atoms with E-state index in [1.165, 1.54) is 5.56 Å². The van der Waals surface area contributed by atoms with E-state index in [4.69, 9.17) is 4.42 Å². The van der Waals surface area contributed by atoms with Gasteiger partial charge in [-0.1, -0.05) is 17.7 Å². The first-order chi connectivity index (χ1) is 10.2. The van der Waals surface area contributed by atoms with Crippen molar-refractivity contribution in [2.75, 3.05) is 13.1 Å². The molecule has 0 bridgehead atoms. The summed E-state index contributed by atoms with van der Waals surface area (Å²) in [4.78, 5) is 13.0. The van der Waals surface area contributed by atoms with Gasteiger partial charge in [0.05, 0.1) is 6.54 Å². The molecule has 0 amide bonds. The molecule has 2 heterocycles. The van der Waals surface area contributed by atoms with Crippen LogP contribution in [0.1, 0.15) is 24.3 Å². The van der Waals surface area contributed by atoms with Gasteiger partial charge < -0.3 is 9.21 Å². The second kappa shape index (κ2) is 6.18. The van der Waals surface area contributed by atoms with Crippen molar-refractivity contribution in [2.45, 2.75) is 26.3 Å². The zero-order valence-electron chi connectivity index (χ0n) is 12.2. The standard InChI is InChI=1S/C16H19N3O2/c1-12-2-4-14(5-3-12)16-18-17-15(21-16)10-19-8-6-13(11-20)7-9-19/h2-5,11,13H,6-10H2,1H3. The van der Waals surface area contributed by atoms with Gasteiger partial charge in [-0.15, -0.1) is 10.2 Å². The normalized spacial score (nSPS) is 17.0. The summed E-state index contributed by atoms with van der Waals surface area (Å²) in [6, 6.07) is 8.04. The summed E-state index contributed by atoms with van der Waals surface area (Å²) in [5.41, 5.74) is 2.15. The molecule has 110 valence electrons. The fraction of sp³-hybridized carbons (Fsp3) is 0.438. The highest BCUT2D eigenvalue weighted by Crippen LogP contribution is 2.20. The fourth-order valence-corrected chi connectivity index (χ4v) is 2.57. The minimum Gasteiger partial charge on any atom is -0.419 e. The molecule has 0 aliphatic carbocycles. The molecule has 1 aliphatic rings. The smallest absolute Gasteiger partial charge is 0.247 e. The molecule has 0 N–H and O–H groups in total. The second-order valence-electron chi connectivity index (χ2n) is 5.62. The van der Waals surface area contributed by atoms with Gasteiger partial charge in [-0.2, -0.15) is 0 Å². The lowest BCUT2D eigenvalue weighted by Gasteiger charge is -2.28. The van der Waals surface area contributed by atoms with Crippen LogP contribution in [0.2, 0.25) is 0 Å². The van der Waals surface area contributed by atoms with Gasteiger partial charge in [0.25, 0.3) is 0 Å². The summed E-state index contributed by atoms with van der Waals surface area (Å²) in [6.45, 7) is 4.52. The first-order valence-electron chi connectivity index (χ1n) is 7.31. The van der Waals surface area contributed by atoms with Crippen molar-refractivity contribution in [1.29, 1.82) is 0 Å². The average Bonchev–Trinajstić information content (AvgIpc) is 2.97. The van der Waals surface area contributed by atoms with E-state index in [1.807, 2.05) is 31.2 Å². The number of nitrogens with zero attached hydrogens (tertiary/aromatic N) is 3. The molecule has 0 atom stereocenters. The molecule has 0 saturated carbocycles. The quantitative estimate of drug-likeness (QED) is 0.808. The number of hydrogen-bond donors (Lipinski definition) is 0. The van der Waals surface area contributed by atoms with Gasteiger partial charge in [-0.3, -0.25) is 4.90 Å². The van der Waals surface area contributed by atoms with E-state index in [2.05, 4.69) is 15.1 Å². The van der Waals surface area contributed by atoms with Crippen molar-refractivity contribution in [3.63, 3.8) is 0 Å². The van der Waals surface area contributed by atoms with Crippen LogP contribution in [0.15, 0.2) is 28.7 Å². The lowest BCUT2D eigenvalue weighted by Crippen LogP contribution is -2.33. The van der Waals surface area contributed by atoms with Crippen LogP contribution in [0.3, 0.4) is 0 Å². The highest BCUT2D eigenvalue weighted by atomic mass is 16.4. The Balaban J connectivity index is 1.63. The Labute approximate surface area is 124 Å². The number of likely N-dealkylation sites (tertiary alicyclic amines) is 1. The Morgan fingerprint density at radius 3 is 2.62 bits per heavy atom. The van der Waals surface area contributed by atoms with Crippen LogP contribution < -0.4 is 0 Å². The zero-order valence-corrected chi connectivity index (χ0v) is 12.2. The third-order valence-electron chi connectivity index (χ3n) is 3.95. The highest BCUT2D eigenvalue weighted by molar-refractivity contribution is 5.53. The van der Waals surface area contributed by atoms with Crippen LogP contribution in [0.25, 0.3) is 11.5 Å². The third-order valence-corrected chi connectivity index (χ3v) is 3.95. The SMILES string of the molecule is Cc1ccc(-c2nnc(CN3CCC(C=O)CC3)o2)cc1. The summed E-state index contributed by atoms with van der Waals surface area (Å²) in [5.74, 6) is 1.41. The Bertz CT molecular complexity index is 598. The molecule has 1 aromatic carbocycles. The number of aryl methyl sites for hydroxylation is 1. The summed E-state index contributed by atoms with van der Waals surface area (Å²) >= 11 is 0. The van der Waals surface area contributed by atoms with Gasteiger partial charge in [-0.25, -0.2) is 0 Å². The minimum absolute atomic E-state index is 0.215. The molecule has 1 aromatic heterocycles. The summed E-state index contributed by atoms with van der Waals surface area (Å²) in [7, 11) is 0. The number of piperidine rings is 1. The lowest BCUT2D eigenvalue weighted by atomic mass is 9.99. The van der Waals surface area contributed by atoms with Gasteiger partial charge in [0, 0.05) is 11.5 Å². The Hall–Kier alpha value is -2.01. The van der Waals surface area contributed by atoms with E-state index < -0.39 is 0 Å². The largest absolute Gasteiger partial charge is 0.419 e. The Morgan fingerprint density at radius 2 is 1.95 bits per heavy atom. The topological polar surface area (TPSA) is 59.2 Å².